The highest BCUT2D eigenvalue weighted by molar-refractivity contribution is 7.92. The molecule has 0 aliphatic heterocycles. The Balaban J connectivity index is 1.81. The number of sulfonamides is 1. The maximum atomic E-state index is 12.7. The summed E-state index contributed by atoms with van der Waals surface area (Å²) < 4.78 is 38.6. The average Bonchev–Trinajstić information content (AvgIpc) is 3.16. The van der Waals surface area contributed by atoms with E-state index in [1.54, 1.807) is 43.5 Å². The van der Waals surface area contributed by atoms with Crippen molar-refractivity contribution in [3.8, 4) is 17.2 Å². The molecule has 0 atom stereocenters. The second-order valence-corrected chi connectivity index (χ2v) is 7.65. The van der Waals surface area contributed by atoms with Crippen molar-refractivity contribution in [1.29, 1.82) is 0 Å². The van der Waals surface area contributed by atoms with E-state index in [-0.39, 0.29) is 4.90 Å². The lowest BCUT2D eigenvalue weighted by Crippen LogP contribution is -2.12. The van der Waals surface area contributed by atoms with Crippen LogP contribution in [0.3, 0.4) is 0 Å². The van der Waals surface area contributed by atoms with Crippen LogP contribution in [0, 0.1) is 0 Å². The van der Waals surface area contributed by atoms with Crippen molar-refractivity contribution in [3.05, 3.63) is 54.4 Å². The summed E-state index contributed by atoms with van der Waals surface area (Å²) in [6, 6.07) is 13.1. The Bertz CT molecular complexity index is 998. The number of anilines is 1. The van der Waals surface area contributed by atoms with Gasteiger partial charge >= 0.3 is 0 Å². The lowest BCUT2D eigenvalue weighted by Gasteiger charge is -2.09. The number of hydrogen-bond donors (Lipinski definition) is 1. The zero-order chi connectivity index (χ0) is 19.3. The van der Waals surface area contributed by atoms with Crippen molar-refractivity contribution < 1.29 is 17.6 Å². The van der Waals surface area contributed by atoms with E-state index in [2.05, 4.69) is 21.8 Å². The fourth-order valence-corrected chi connectivity index (χ4v) is 3.57. The summed E-state index contributed by atoms with van der Waals surface area (Å²) in [5.74, 6) is 1.51. The molecule has 0 aliphatic rings. The SMILES string of the molecule is CCCCc1nnc(-c2cccc(S(=O)(=O)Nc3ccc(OC)cc3)c2)o1. The van der Waals surface area contributed by atoms with Crippen LogP contribution in [0.5, 0.6) is 5.75 Å². The van der Waals surface area contributed by atoms with E-state index in [0.29, 0.717) is 35.2 Å². The summed E-state index contributed by atoms with van der Waals surface area (Å²) >= 11 is 0. The highest BCUT2D eigenvalue weighted by atomic mass is 32.2. The minimum Gasteiger partial charge on any atom is -0.497 e. The quantitative estimate of drug-likeness (QED) is 0.630. The molecule has 0 amide bonds. The summed E-state index contributed by atoms with van der Waals surface area (Å²) in [5.41, 5.74) is 1.00. The Hall–Kier alpha value is -2.87. The van der Waals surface area contributed by atoms with Crippen LogP contribution in [0.15, 0.2) is 57.8 Å². The molecule has 0 unspecified atom stereocenters. The number of rotatable bonds is 8. The highest BCUT2D eigenvalue weighted by Gasteiger charge is 2.17. The van der Waals surface area contributed by atoms with E-state index in [1.807, 2.05) is 0 Å². The molecule has 142 valence electrons. The lowest BCUT2D eigenvalue weighted by atomic mass is 10.2. The van der Waals surface area contributed by atoms with Crippen molar-refractivity contribution in [1.82, 2.24) is 10.2 Å². The normalized spacial score (nSPS) is 11.3. The lowest BCUT2D eigenvalue weighted by molar-refractivity contribution is 0.415. The van der Waals surface area contributed by atoms with Gasteiger partial charge in [0.05, 0.1) is 12.0 Å². The predicted molar refractivity (Wildman–Crippen MR) is 102 cm³/mol. The molecule has 1 heterocycles. The summed E-state index contributed by atoms with van der Waals surface area (Å²) in [4.78, 5) is 0.115. The van der Waals surface area contributed by atoms with E-state index >= 15 is 0 Å². The zero-order valence-corrected chi connectivity index (χ0v) is 16.0. The van der Waals surface area contributed by atoms with Gasteiger partial charge in [0, 0.05) is 17.7 Å². The van der Waals surface area contributed by atoms with Crippen molar-refractivity contribution >= 4 is 15.7 Å². The number of nitrogens with zero attached hydrogens (tertiary/aromatic N) is 2. The zero-order valence-electron chi connectivity index (χ0n) is 15.2. The molecule has 27 heavy (non-hydrogen) atoms. The highest BCUT2D eigenvalue weighted by Crippen LogP contribution is 2.24. The van der Waals surface area contributed by atoms with Crippen molar-refractivity contribution in [2.45, 2.75) is 31.1 Å². The molecule has 0 radical (unpaired) electrons. The Labute approximate surface area is 158 Å². The first-order valence-corrected chi connectivity index (χ1v) is 10.1. The van der Waals surface area contributed by atoms with Crippen LogP contribution in [0.1, 0.15) is 25.7 Å². The summed E-state index contributed by atoms with van der Waals surface area (Å²) in [6.07, 6.45) is 2.70. The largest absolute Gasteiger partial charge is 0.497 e. The van der Waals surface area contributed by atoms with Gasteiger partial charge in [-0.05, 0) is 48.9 Å². The predicted octanol–water partition coefficient (Wildman–Crippen LogP) is 3.89. The Morgan fingerprint density at radius 1 is 1.11 bits per heavy atom. The van der Waals surface area contributed by atoms with Gasteiger partial charge < -0.3 is 9.15 Å². The summed E-state index contributed by atoms with van der Waals surface area (Å²) in [7, 11) is -2.20. The van der Waals surface area contributed by atoms with Crippen molar-refractivity contribution in [3.63, 3.8) is 0 Å². The minimum atomic E-state index is -3.75. The van der Waals surface area contributed by atoms with E-state index in [1.165, 1.54) is 12.1 Å². The third kappa shape index (κ3) is 4.65. The number of aromatic nitrogens is 2. The van der Waals surface area contributed by atoms with E-state index < -0.39 is 10.0 Å². The number of ether oxygens (including phenoxy) is 1. The fourth-order valence-electron chi connectivity index (χ4n) is 2.47. The van der Waals surface area contributed by atoms with Gasteiger partial charge in [0.2, 0.25) is 11.8 Å². The molecule has 2 aromatic carbocycles. The molecule has 0 saturated heterocycles. The number of nitrogens with one attached hydrogen (secondary N) is 1. The van der Waals surface area contributed by atoms with Gasteiger partial charge in [0.1, 0.15) is 5.75 Å². The van der Waals surface area contributed by atoms with Gasteiger partial charge in [0.25, 0.3) is 10.0 Å². The molecule has 3 aromatic rings. The molecule has 1 N–H and O–H groups in total. The van der Waals surface area contributed by atoms with Gasteiger partial charge in [-0.1, -0.05) is 19.4 Å². The van der Waals surface area contributed by atoms with Crippen molar-refractivity contribution in [2.24, 2.45) is 0 Å². The van der Waals surface area contributed by atoms with Crippen LogP contribution in [0.2, 0.25) is 0 Å². The van der Waals surface area contributed by atoms with Gasteiger partial charge in [-0.15, -0.1) is 10.2 Å². The third-order valence-corrected chi connectivity index (χ3v) is 5.32. The molecule has 3 rings (SSSR count). The Kier molecular flexibility index (Phi) is 5.75. The molecular weight excluding hydrogens is 366 g/mol. The number of unbranched alkanes of at least 4 members (excludes halogenated alkanes) is 1. The molecule has 0 fully saturated rings. The minimum absolute atomic E-state index is 0.115. The molecule has 0 aliphatic carbocycles. The second-order valence-electron chi connectivity index (χ2n) is 5.97. The fraction of sp³-hybridized carbons (Fsp3) is 0.263. The summed E-state index contributed by atoms with van der Waals surface area (Å²) in [6.45, 7) is 2.08. The molecule has 7 nitrogen and oxygen atoms in total. The number of hydrogen-bond acceptors (Lipinski definition) is 6. The van der Waals surface area contributed by atoms with Crippen LogP contribution in [-0.2, 0) is 16.4 Å². The van der Waals surface area contributed by atoms with Crippen LogP contribution in [0.4, 0.5) is 5.69 Å². The Morgan fingerprint density at radius 2 is 1.89 bits per heavy atom. The van der Waals surface area contributed by atoms with E-state index in [0.717, 1.165) is 12.8 Å². The Morgan fingerprint density at radius 3 is 2.59 bits per heavy atom. The molecule has 0 spiro atoms. The van der Waals surface area contributed by atoms with E-state index in [4.69, 9.17) is 9.15 Å². The molecule has 1 aromatic heterocycles. The monoisotopic (exact) mass is 387 g/mol. The molecule has 8 heteroatoms. The van der Waals surface area contributed by atoms with Crippen LogP contribution < -0.4 is 9.46 Å². The topological polar surface area (TPSA) is 94.3 Å². The molecule has 0 bridgehead atoms. The first-order valence-electron chi connectivity index (χ1n) is 8.61. The molecule has 0 saturated carbocycles. The number of benzene rings is 2. The third-order valence-electron chi connectivity index (χ3n) is 3.94. The summed E-state index contributed by atoms with van der Waals surface area (Å²) in [5, 5.41) is 8.03. The molecular formula is C19H21N3O4S. The number of methoxy groups -OCH3 is 1. The van der Waals surface area contributed by atoms with Gasteiger partial charge in [-0.25, -0.2) is 8.42 Å². The van der Waals surface area contributed by atoms with E-state index in [9.17, 15) is 8.42 Å². The van der Waals surface area contributed by atoms with Crippen LogP contribution >= 0.6 is 0 Å². The number of aryl methyl sites for hydroxylation is 1. The smallest absolute Gasteiger partial charge is 0.261 e. The average molecular weight is 387 g/mol. The maximum absolute atomic E-state index is 12.7. The first-order chi connectivity index (χ1) is 13.0. The second kappa shape index (κ2) is 8.22. The van der Waals surface area contributed by atoms with Gasteiger partial charge in [-0.3, -0.25) is 4.72 Å². The van der Waals surface area contributed by atoms with Crippen LogP contribution in [0.25, 0.3) is 11.5 Å². The van der Waals surface area contributed by atoms with Crippen LogP contribution in [-0.4, -0.2) is 25.7 Å². The van der Waals surface area contributed by atoms with Gasteiger partial charge in [0.15, 0.2) is 0 Å². The van der Waals surface area contributed by atoms with Crippen molar-refractivity contribution in [2.75, 3.05) is 11.8 Å². The standard InChI is InChI=1S/C19H21N3O4S/c1-3-4-8-18-20-21-19(26-18)14-6-5-7-17(13-14)27(23,24)22-15-9-11-16(25-2)12-10-15/h5-7,9-13,22H,3-4,8H2,1-2H3. The maximum Gasteiger partial charge on any atom is 0.261 e. The van der Waals surface area contributed by atoms with Gasteiger partial charge in [-0.2, -0.15) is 0 Å². The first kappa shape index (κ1) is 18.9.